The molecule has 2 aromatic rings. The number of nitrogens with zero attached hydrogens (tertiary/aromatic N) is 3. The molecule has 0 amide bonds. The summed E-state index contributed by atoms with van der Waals surface area (Å²) in [6.07, 6.45) is 2.06. The molecule has 114 valence electrons. The van der Waals surface area contributed by atoms with E-state index in [9.17, 15) is 0 Å². The fraction of sp³-hybridized carbons (Fsp3) is 0.500. The molecule has 0 fully saturated rings. The molecule has 0 aliphatic carbocycles. The van der Waals surface area contributed by atoms with Gasteiger partial charge < -0.3 is 10.1 Å². The second-order valence-corrected chi connectivity index (χ2v) is 5.43. The lowest BCUT2D eigenvalue weighted by Gasteiger charge is -2.13. The Kier molecular flexibility index (Phi) is 5.90. The fourth-order valence-corrected chi connectivity index (χ4v) is 1.98. The third kappa shape index (κ3) is 5.28. The maximum atomic E-state index is 5.84. The lowest BCUT2D eigenvalue weighted by Crippen LogP contribution is -2.21. The van der Waals surface area contributed by atoms with Gasteiger partial charge in [0.2, 0.25) is 0 Å². The zero-order valence-electron chi connectivity index (χ0n) is 13.0. The largest absolute Gasteiger partial charge is 0.372 e. The van der Waals surface area contributed by atoms with Crippen LogP contribution in [0.15, 0.2) is 36.5 Å². The van der Waals surface area contributed by atoms with Gasteiger partial charge in [-0.1, -0.05) is 49.4 Å². The highest BCUT2D eigenvalue weighted by atomic mass is 16.5. The zero-order chi connectivity index (χ0) is 15.1. The third-order valence-electron chi connectivity index (χ3n) is 3.23. The fourth-order valence-electron chi connectivity index (χ4n) is 1.98. The second kappa shape index (κ2) is 7.90. The van der Waals surface area contributed by atoms with Gasteiger partial charge in [0.15, 0.2) is 0 Å². The van der Waals surface area contributed by atoms with E-state index in [2.05, 4.69) is 48.5 Å². The van der Waals surface area contributed by atoms with Gasteiger partial charge in [-0.25, -0.2) is 4.68 Å². The standard InChI is InChI=1S/C16H24N4O/c1-13(2)17-11-16-12-20(19-18-16)9-10-21-14(3)15-7-5-4-6-8-15/h4-8,12-14,17H,9-11H2,1-3H3. The second-order valence-electron chi connectivity index (χ2n) is 5.43. The molecule has 5 heteroatoms. The molecule has 1 aromatic carbocycles. The molecule has 0 saturated carbocycles. The number of ether oxygens (including phenoxy) is 1. The van der Waals surface area contributed by atoms with Crippen molar-refractivity contribution >= 4 is 0 Å². The van der Waals surface area contributed by atoms with Gasteiger partial charge in [-0.05, 0) is 12.5 Å². The van der Waals surface area contributed by atoms with E-state index in [0.29, 0.717) is 19.2 Å². The van der Waals surface area contributed by atoms with Crippen LogP contribution in [0.5, 0.6) is 0 Å². The molecule has 1 aromatic heterocycles. The maximum absolute atomic E-state index is 5.84. The summed E-state index contributed by atoms with van der Waals surface area (Å²) >= 11 is 0. The van der Waals surface area contributed by atoms with Crippen LogP contribution in [0.3, 0.4) is 0 Å². The van der Waals surface area contributed by atoms with E-state index in [1.165, 1.54) is 5.56 Å². The van der Waals surface area contributed by atoms with Crippen LogP contribution in [0.25, 0.3) is 0 Å². The van der Waals surface area contributed by atoms with Crippen LogP contribution < -0.4 is 5.32 Å². The van der Waals surface area contributed by atoms with Crippen molar-refractivity contribution in [1.82, 2.24) is 20.3 Å². The van der Waals surface area contributed by atoms with Gasteiger partial charge in [-0.2, -0.15) is 0 Å². The summed E-state index contributed by atoms with van der Waals surface area (Å²) in [5.41, 5.74) is 2.15. The minimum Gasteiger partial charge on any atom is -0.372 e. The van der Waals surface area contributed by atoms with Gasteiger partial charge in [0.1, 0.15) is 0 Å². The number of aromatic nitrogens is 3. The van der Waals surface area contributed by atoms with E-state index in [1.54, 1.807) is 0 Å². The van der Waals surface area contributed by atoms with Crippen molar-refractivity contribution in [3.05, 3.63) is 47.8 Å². The molecule has 1 N–H and O–H groups in total. The van der Waals surface area contributed by atoms with Crippen LogP contribution in [0.4, 0.5) is 0 Å². The highest BCUT2D eigenvalue weighted by molar-refractivity contribution is 5.16. The van der Waals surface area contributed by atoms with Crippen LogP contribution in [0, 0.1) is 0 Å². The number of rotatable bonds is 8. The van der Waals surface area contributed by atoms with E-state index in [-0.39, 0.29) is 6.10 Å². The van der Waals surface area contributed by atoms with Crippen LogP contribution >= 0.6 is 0 Å². The monoisotopic (exact) mass is 288 g/mol. The zero-order valence-corrected chi connectivity index (χ0v) is 13.0. The molecular weight excluding hydrogens is 264 g/mol. The number of hydrogen-bond acceptors (Lipinski definition) is 4. The summed E-state index contributed by atoms with van der Waals surface area (Å²) in [5, 5.41) is 11.6. The van der Waals surface area contributed by atoms with Crippen molar-refractivity contribution in [2.75, 3.05) is 6.61 Å². The van der Waals surface area contributed by atoms with E-state index < -0.39 is 0 Å². The molecule has 5 nitrogen and oxygen atoms in total. The predicted molar refractivity (Wildman–Crippen MR) is 82.8 cm³/mol. The molecular formula is C16H24N4O. The molecule has 0 bridgehead atoms. The van der Waals surface area contributed by atoms with Crippen molar-refractivity contribution in [1.29, 1.82) is 0 Å². The summed E-state index contributed by atoms with van der Waals surface area (Å²) in [6.45, 7) is 8.38. The van der Waals surface area contributed by atoms with Gasteiger partial charge in [0.25, 0.3) is 0 Å². The molecule has 1 unspecified atom stereocenters. The summed E-state index contributed by atoms with van der Waals surface area (Å²) in [4.78, 5) is 0. The normalized spacial score (nSPS) is 12.8. The lowest BCUT2D eigenvalue weighted by atomic mass is 10.1. The van der Waals surface area contributed by atoms with Gasteiger partial charge in [-0.15, -0.1) is 5.10 Å². The SMILES string of the molecule is CC(C)NCc1cn(CCOC(C)c2ccccc2)nn1. The first kappa shape index (κ1) is 15.7. The first-order valence-corrected chi connectivity index (χ1v) is 7.44. The van der Waals surface area contributed by atoms with Crippen molar-refractivity contribution in [3.8, 4) is 0 Å². The van der Waals surface area contributed by atoms with Crippen molar-refractivity contribution in [2.45, 2.75) is 46.0 Å². The van der Waals surface area contributed by atoms with E-state index in [1.807, 2.05) is 29.1 Å². The van der Waals surface area contributed by atoms with Crippen molar-refractivity contribution in [2.24, 2.45) is 0 Å². The Bertz CT molecular complexity index is 524. The van der Waals surface area contributed by atoms with Gasteiger partial charge in [0.05, 0.1) is 24.9 Å². The summed E-state index contributed by atoms with van der Waals surface area (Å²) in [6, 6.07) is 10.7. The van der Waals surface area contributed by atoms with Gasteiger partial charge in [0, 0.05) is 18.8 Å². The predicted octanol–water partition coefficient (Wildman–Crippen LogP) is 2.55. The molecule has 21 heavy (non-hydrogen) atoms. The van der Waals surface area contributed by atoms with Crippen LogP contribution in [0.1, 0.15) is 38.1 Å². The first-order chi connectivity index (χ1) is 10.1. The summed E-state index contributed by atoms with van der Waals surface area (Å²) in [7, 11) is 0. The Morgan fingerprint density at radius 3 is 2.67 bits per heavy atom. The first-order valence-electron chi connectivity index (χ1n) is 7.44. The maximum Gasteiger partial charge on any atom is 0.0964 e. The highest BCUT2D eigenvalue weighted by Crippen LogP contribution is 2.15. The van der Waals surface area contributed by atoms with E-state index in [0.717, 1.165) is 12.2 Å². The minimum atomic E-state index is 0.0943. The molecule has 0 aliphatic rings. The van der Waals surface area contributed by atoms with Gasteiger partial charge >= 0.3 is 0 Å². The molecule has 1 heterocycles. The van der Waals surface area contributed by atoms with Crippen LogP contribution in [-0.4, -0.2) is 27.6 Å². The summed E-state index contributed by atoms with van der Waals surface area (Å²) in [5.74, 6) is 0. The lowest BCUT2D eigenvalue weighted by molar-refractivity contribution is 0.0580. The highest BCUT2D eigenvalue weighted by Gasteiger charge is 2.06. The molecule has 2 rings (SSSR count). The average Bonchev–Trinajstić information content (AvgIpc) is 2.94. The van der Waals surface area contributed by atoms with Crippen LogP contribution in [0.2, 0.25) is 0 Å². The third-order valence-corrected chi connectivity index (χ3v) is 3.23. The summed E-state index contributed by atoms with van der Waals surface area (Å²) < 4.78 is 7.66. The van der Waals surface area contributed by atoms with E-state index in [4.69, 9.17) is 4.74 Å². The Morgan fingerprint density at radius 1 is 1.19 bits per heavy atom. The number of hydrogen-bond donors (Lipinski definition) is 1. The van der Waals surface area contributed by atoms with Gasteiger partial charge in [-0.3, -0.25) is 0 Å². The quantitative estimate of drug-likeness (QED) is 0.811. The number of benzene rings is 1. The molecule has 1 atom stereocenters. The van der Waals surface area contributed by atoms with Crippen molar-refractivity contribution in [3.63, 3.8) is 0 Å². The van der Waals surface area contributed by atoms with E-state index >= 15 is 0 Å². The minimum absolute atomic E-state index is 0.0943. The molecule has 0 saturated heterocycles. The average molecular weight is 288 g/mol. The number of nitrogens with one attached hydrogen (secondary N) is 1. The molecule has 0 radical (unpaired) electrons. The Balaban J connectivity index is 1.73. The Hall–Kier alpha value is -1.72. The van der Waals surface area contributed by atoms with Crippen LogP contribution in [-0.2, 0) is 17.8 Å². The molecule has 0 spiro atoms. The van der Waals surface area contributed by atoms with Crippen molar-refractivity contribution < 1.29 is 4.74 Å². The molecule has 0 aliphatic heterocycles. The smallest absolute Gasteiger partial charge is 0.0964 e. The topological polar surface area (TPSA) is 52.0 Å². The Labute approximate surface area is 126 Å². The Morgan fingerprint density at radius 2 is 1.95 bits per heavy atom.